The van der Waals surface area contributed by atoms with Crippen LogP contribution < -0.4 is 15.2 Å². The van der Waals surface area contributed by atoms with Crippen LogP contribution >= 0.6 is 12.4 Å². The number of morpholine rings is 1. The van der Waals surface area contributed by atoms with Crippen molar-refractivity contribution in [1.29, 1.82) is 0 Å². The summed E-state index contributed by atoms with van der Waals surface area (Å²) in [6.45, 7) is 2.93. The van der Waals surface area contributed by atoms with Gasteiger partial charge in [0.05, 0.1) is 31.8 Å². The van der Waals surface area contributed by atoms with E-state index in [1.165, 1.54) is 24.6 Å². The van der Waals surface area contributed by atoms with Crippen LogP contribution in [0.2, 0.25) is 0 Å². The molecule has 2 rings (SSSR count). The average Bonchev–Trinajstić information content (AvgIpc) is 2.54. The highest BCUT2D eigenvalue weighted by atomic mass is 35.5. The third-order valence-corrected chi connectivity index (χ3v) is 5.67. The predicted octanol–water partition coefficient (Wildman–Crippen LogP) is 0.782. The van der Waals surface area contributed by atoms with Crippen molar-refractivity contribution in [3.63, 3.8) is 0 Å². The molecule has 1 aliphatic heterocycles. The van der Waals surface area contributed by atoms with E-state index in [1.807, 2.05) is 0 Å². The van der Waals surface area contributed by atoms with Gasteiger partial charge < -0.3 is 19.9 Å². The van der Waals surface area contributed by atoms with E-state index in [1.54, 1.807) is 13.0 Å². The highest BCUT2D eigenvalue weighted by Gasteiger charge is 2.32. The van der Waals surface area contributed by atoms with E-state index in [0.717, 1.165) is 0 Å². The molecule has 0 radical (unpaired) electrons. The number of nitrogens with zero attached hydrogens (tertiary/aromatic N) is 1. The Morgan fingerprint density at radius 1 is 1.30 bits per heavy atom. The summed E-state index contributed by atoms with van der Waals surface area (Å²) in [6.07, 6.45) is -0.274. The maximum absolute atomic E-state index is 12.9. The van der Waals surface area contributed by atoms with Gasteiger partial charge in [0, 0.05) is 25.7 Å². The second kappa shape index (κ2) is 8.16. The second-order valence-corrected chi connectivity index (χ2v) is 6.97. The molecule has 1 fully saturated rings. The van der Waals surface area contributed by atoms with Crippen molar-refractivity contribution in [2.75, 3.05) is 40.5 Å². The van der Waals surface area contributed by atoms with Crippen molar-refractivity contribution in [2.45, 2.75) is 17.9 Å². The molecule has 7 nitrogen and oxygen atoms in total. The van der Waals surface area contributed by atoms with Gasteiger partial charge in [-0.1, -0.05) is 0 Å². The maximum Gasteiger partial charge on any atom is 0.243 e. The topological polar surface area (TPSA) is 91.1 Å². The summed E-state index contributed by atoms with van der Waals surface area (Å²) in [7, 11) is -0.643. The second-order valence-electron chi connectivity index (χ2n) is 5.06. The number of rotatable bonds is 5. The van der Waals surface area contributed by atoms with Crippen LogP contribution in [-0.4, -0.2) is 59.3 Å². The number of ether oxygens (including phenoxy) is 3. The quantitative estimate of drug-likeness (QED) is 0.828. The van der Waals surface area contributed by atoms with Crippen LogP contribution in [0.4, 0.5) is 0 Å². The van der Waals surface area contributed by atoms with Crippen LogP contribution in [0.5, 0.6) is 11.5 Å². The lowest BCUT2D eigenvalue weighted by atomic mass is 10.2. The normalized spacial score (nSPS) is 19.0. The summed E-state index contributed by atoms with van der Waals surface area (Å²) < 4.78 is 43.0. The van der Waals surface area contributed by atoms with Gasteiger partial charge in [-0.15, -0.1) is 12.4 Å². The standard InChI is InChI=1S/C14H22N2O5S.ClH/c1-10-6-12(19-2)13(20-3)7-14(10)22(17,18)16-4-5-21-11(8-15)9-16;/h6-7,11H,4-5,8-9,15H2,1-3H3;1H. The van der Waals surface area contributed by atoms with Crippen LogP contribution in [0.25, 0.3) is 0 Å². The van der Waals surface area contributed by atoms with Gasteiger partial charge in [0.1, 0.15) is 0 Å². The van der Waals surface area contributed by atoms with Gasteiger partial charge in [-0.05, 0) is 18.6 Å². The fourth-order valence-corrected chi connectivity index (χ4v) is 4.11. The van der Waals surface area contributed by atoms with E-state index < -0.39 is 10.0 Å². The summed E-state index contributed by atoms with van der Waals surface area (Å²) in [5.74, 6) is 0.885. The van der Waals surface area contributed by atoms with Gasteiger partial charge in [-0.2, -0.15) is 4.31 Å². The molecule has 0 saturated carbocycles. The zero-order valence-corrected chi connectivity index (χ0v) is 15.1. The third kappa shape index (κ3) is 4.07. The molecule has 1 aliphatic rings. The molecule has 1 aromatic carbocycles. The molecule has 23 heavy (non-hydrogen) atoms. The Morgan fingerprint density at radius 3 is 2.48 bits per heavy atom. The Morgan fingerprint density at radius 2 is 1.91 bits per heavy atom. The first-order chi connectivity index (χ1) is 10.4. The number of halogens is 1. The first-order valence-corrected chi connectivity index (χ1v) is 8.42. The smallest absolute Gasteiger partial charge is 0.243 e. The Hall–Kier alpha value is -1.06. The summed E-state index contributed by atoms with van der Waals surface area (Å²) in [5, 5.41) is 0. The summed E-state index contributed by atoms with van der Waals surface area (Å²) in [5.41, 5.74) is 6.18. The first kappa shape index (κ1) is 20.0. The van der Waals surface area contributed by atoms with Gasteiger partial charge in [0.25, 0.3) is 0 Å². The Labute approximate surface area is 143 Å². The van der Waals surface area contributed by atoms with E-state index in [9.17, 15) is 8.42 Å². The molecule has 1 heterocycles. The third-order valence-electron chi connectivity index (χ3n) is 3.66. The van der Waals surface area contributed by atoms with E-state index in [4.69, 9.17) is 19.9 Å². The minimum Gasteiger partial charge on any atom is -0.493 e. The molecule has 132 valence electrons. The van der Waals surface area contributed by atoms with Crippen molar-refractivity contribution in [1.82, 2.24) is 4.31 Å². The lowest BCUT2D eigenvalue weighted by molar-refractivity contribution is 0.00449. The van der Waals surface area contributed by atoms with Crippen LogP contribution in [0.1, 0.15) is 5.56 Å². The van der Waals surface area contributed by atoms with Crippen LogP contribution in [0.15, 0.2) is 17.0 Å². The minimum atomic E-state index is -3.63. The molecular formula is C14H23ClN2O5S. The Balaban J connectivity index is 0.00000264. The molecule has 1 aromatic rings. The van der Waals surface area contributed by atoms with Gasteiger partial charge in [0.15, 0.2) is 11.5 Å². The lowest BCUT2D eigenvalue weighted by Crippen LogP contribution is -2.48. The van der Waals surface area contributed by atoms with E-state index in [0.29, 0.717) is 30.2 Å². The number of methoxy groups -OCH3 is 2. The van der Waals surface area contributed by atoms with Gasteiger partial charge >= 0.3 is 0 Å². The first-order valence-electron chi connectivity index (χ1n) is 6.98. The van der Waals surface area contributed by atoms with Gasteiger partial charge in [-0.3, -0.25) is 0 Å². The minimum absolute atomic E-state index is 0. The zero-order chi connectivity index (χ0) is 16.3. The highest BCUT2D eigenvalue weighted by Crippen LogP contribution is 2.33. The molecule has 0 bridgehead atoms. The molecule has 1 atom stereocenters. The largest absolute Gasteiger partial charge is 0.493 e. The van der Waals surface area contributed by atoms with Crippen molar-refractivity contribution in [2.24, 2.45) is 5.73 Å². The summed E-state index contributed by atoms with van der Waals surface area (Å²) in [6, 6.07) is 3.16. The number of nitrogens with two attached hydrogens (primary N) is 1. The number of benzene rings is 1. The molecule has 0 aromatic heterocycles. The molecule has 1 saturated heterocycles. The Kier molecular flexibility index (Phi) is 7.09. The lowest BCUT2D eigenvalue weighted by Gasteiger charge is -2.32. The molecular weight excluding hydrogens is 344 g/mol. The molecule has 9 heteroatoms. The van der Waals surface area contributed by atoms with Crippen LogP contribution in [0, 0.1) is 6.92 Å². The average molecular weight is 367 g/mol. The number of aryl methyl sites for hydroxylation is 1. The molecule has 2 N–H and O–H groups in total. The van der Waals surface area contributed by atoms with Crippen molar-refractivity contribution in [3.8, 4) is 11.5 Å². The van der Waals surface area contributed by atoms with E-state index >= 15 is 0 Å². The summed E-state index contributed by atoms with van der Waals surface area (Å²) >= 11 is 0. The molecule has 0 aliphatic carbocycles. The summed E-state index contributed by atoms with van der Waals surface area (Å²) in [4.78, 5) is 0.211. The van der Waals surface area contributed by atoms with E-state index in [2.05, 4.69) is 0 Å². The fourth-order valence-electron chi connectivity index (χ4n) is 2.43. The zero-order valence-electron chi connectivity index (χ0n) is 13.4. The number of sulfonamides is 1. The Bertz CT molecular complexity index is 638. The predicted molar refractivity (Wildman–Crippen MR) is 89.1 cm³/mol. The molecule has 0 amide bonds. The van der Waals surface area contributed by atoms with Crippen LogP contribution in [0.3, 0.4) is 0 Å². The molecule has 0 spiro atoms. The number of hydrogen-bond acceptors (Lipinski definition) is 6. The fraction of sp³-hybridized carbons (Fsp3) is 0.571. The number of hydrogen-bond donors (Lipinski definition) is 1. The van der Waals surface area contributed by atoms with E-state index in [-0.39, 0.29) is 36.5 Å². The highest BCUT2D eigenvalue weighted by molar-refractivity contribution is 7.89. The van der Waals surface area contributed by atoms with Crippen molar-refractivity contribution < 1.29 is 22.6 Å². The van der Waals surface area contributed by atoms with Crippen LogP contribution in [-0.2, 0) is 14.8 Å². The SMILES string of the molecule is COc1cc(C)c(S(=O)(=O)N2CCOC(CN)C2)cc1OC.Cl. The van der Waals surface area contributed by atoms with Gasteiger partial charge in [-0.25, -0.2) is 8.42 Å². The van der Waals surface area contributed by atoms with Crippen molar-refractivity contribution >= 4 is 22.4 Å². The maximum atomic E-state index is 12.9. The monoisotopic (exact) mass is 366 g/mol. The molecule has 1 unspecified atom stereocenters. The van der Waals surface area contributed by atoms with Crippen molar-refractivity contribution in [3.05, 3.63) is 17.7 Å². The van der Waals surface area contributed by atoms with Gasteiger partial charge in [0.2, 0.25) is 10.0 Å².